The first-order valence-corrected chi connectivity index (χ1v) is 10.4. The molecule has 150 valence electrons. The molecule has 3 atom stereocenters. The summed E-state index contributed by atoms with van der Waals surface area (Å²) >= 11 is 2.89. The largest absolute Gasteiger partial charge is 0.379 e. The van der Waals surface area contributed by atoms with Gasteiger partial charge in [0.05, 0.1) is 12.7 Å². The quantitative estimate of drug-likeness (QED) is 0.775. The highest BCUT2D eigenvalue weighted by Crippen LogP contribution is 2.47. The van der Waals surface area contributed by atoms with Gasteiger partial charge in [-0.15, -0.1) is 11.3 Å². The number of fused-ring (bicyclic) bond motifs is 1. The standard InChI is InChI=1S/C16H18F2N6O2S2/c1-8-4-9-5-28-15(19)22-16(9,7-26-8)13-21-11(6-27-13)20-12(25)10-2-3-24(23-10)14(17)18/h2-3,6,8-9,14H,4-5,7H2,1H3,(H2,19,22)(H,20,25)/t8-,9-,16?/m0/s1. The van der Waals surface area contributed by atoms with Gasteiger partial charge in [0.15, 0.2) is 10.9 Å². The van der Waals surface area contributed by atoms with Crippen molar-refractivity contribution in [2.45, 2.75) is 31.5 Å². The van der Waals surface area contributed by atoms with Crippen LogP contribution in [0.3, 0.4) is 0 Å². The van der Waals surface area contributed by atoms with E-state index in [-0.39, 0.29) is 17.7 Å². The molecule has 2 aromatic heterocycles. The molecule has 0 bridgehead atoms. The van der Waals surface area contributed by atoms with Crippen LogP contribution in [-0.4, -0.2) is 44.3 Å². The van der Waals surface area contributed by atoms with Gasteiger partial charge in [-0.3, -0.25) is 4.79 Å². The summed E-state index contributed by atoms with van der Waals surface area (Å²) in [5, 5.41) is 9.04. The molecule has 2 aliphatic heterocycles. The molecule has 0 saturated carbocycles. The number of carbonyl (C=O) groups is 1. The molecule has 4 heterocycles. The van der Waals surface area contributed by atoms with Crippen LogP contribution in [0, 0.1) is 5.92 Å². The monoisotopic (exact) mass is 428 g/mol. The van der Waals surface area contributed by atoms with Gasteiger partial charge in [-0.2, -0.15) is 13.9 Å². The van der Waals surface area contributed by atoms with Crippen molar-refractivity contribution in [2.24, 2.45) is 16.6 Å². The number of rotatable bonds is 4. The first-order chi connectivity index (χ1) is 13.4. The van der Waals surface area contributed by atoms with Crippen molar-refractivity contribution in [3.63, 3.8) is 0 Å². The normalized spacial score (nSPS) is 27.4. The van der Waals surface area contributed by atoms with Gasteiger partial charge in [0.1, 0.15) is 16.4 Å². The van der Waals surface area contributed by atoms with E-state index in [9.17, 15) is 13.6 Å². The van der Waals surface area contributed by atoms with Gasteiger partial charge >= 0.3 is 6.55 Å². The lowest BCUT2D eigenvalue weighted by atomic mass is 9.80. The van der Waals surface area contributed by atoms with E-state index in [0.29, 0.717) is 27.3 Å². The number of carbonyl (C=O) groups excluding carboxylic acids is 1. The van der Waals surface area contributed by atoms with Gasteiger partial charge in [-0.05, 0) is 19.4 Å². The Hall–Kier alpha value is -2.05. The number of halogens is 2. The first kappa shape index (κ1) is 19.3. The number of hydrogen-bond donors (Lipinski definition) is 2. The number of hydrogen-bond acceptors (Lipinski definition) is 8. The molecule has 1 amide bonds. The average molecular weight is 428 g/mol. The Morgan fingerprint density at radius 2 is 2.36 bits per heavy atom. The lowest BCUT2D eigenvalue weighted by molar-refractivity contribution is -0.0466. The maximum Gasteiger partial charge on any atom is 0.333 e. The number of ether oxygens (including phenoxy) is 1. The fourth-order valence-corrected chi connectivity index (χ4v) is 5.33. The van der Waals surface area contributed by atoms with Gasteiger partial charge in [-0.25, -0.2) is 14.7 Å². The fourth-order valence-electron chi connectivity index (χ4n) is 3.36. The second-order valence-electron chi connectivity index (χ2n) is 6.69. The molecule has 4 rings (SSSR count). The molecule has 2 aliphatic rings. The number of anilines is 1. The lowest BCUT2D eigenvalue weighted by Gasteiger charge is -2.44. The van der Waals surface area contributed by atoms with Crippen LogP contribution in [0.1, 0.15) is 35.4 Å². The summed E-state index contributed by atoms with van der Waals surface area (Å²) < 4.78 is 31.5. The van der Waals surface area contributed by atoms with E-state index in [1.165, 1.54) is 29.2 Å². The smallest absolute Gasteiger partial charge is 0.333 e. The van der Waals surface area contributed by atoms with Crippen LogP contribution in [0.15, 0.2) is 22.6 Å². The predicted molar refractivity (Wildman–Crippen MR) is 103 cm³/mol. The molecule has 2 aromatic rings. The molecule has 12 heteroatoms. The van der Waals surface area contributed by atoms with Crippen molar-refractivity contribution in [3.05, 3.63) is 28.3 Å². The van der Waals surface area contributed by atoms with E-state index < -0.39 is 18.0 Å². The van der Waals surface area contributed by atoms with E-state index in [2.05, 4.69) is 20.4 Å². The van der Waals surface area contributed by atoms with Crippen molar-refractivity contribution < 1.29 is 18.3 Å². The van der Waals surface area contributed by atoms with Crippen LogP contribution in [0.2, 0.25) is 0 Å². The molecule has 8 nitrogen and oxygen atoms in total. The van der Waals surface area contributed by atoms with E-state index in [1.54, 1.807) is 5.38 Å². The number of nitrogens with two attached hydrogens (primary N) is 1. The summed E-state index contributed by atoms with van der Waals surface area (Å²) in [4.78, 5) is 21.5. The molecule has 0 radical (unpaired) electrons. The van der Waals surface area contributed by atoms with Crippen LogP contribution >= 0.6 is 23.1 Å². The Balaban J connectivity index is 1.56. The Labute approximate surface area is 167 Å². The molecule has 3 N–H and O–H groups in total. The number of aliphatic imine (C=N–C) groups is 1. The SMILES string of the molecule is C[C@H]1C[C@H]2CSC(N)=NC2(c2nc(NC(=O)c3ccn(C(F)F)n3)cs2)CO1. The Morgan fingerprint density at radius 1 is 1.54 bits per heavy atom. The summed E-state index contributed by atoms with van der Waals surface area (Å²) in [5.74, 6) is 0.761. The molecular weight excluding hydrogens is 410 g/mol. The molecule has 1 saturated heterocycles. The van der Waals surface area contributed by atoms with E-state index >= 15 is 0 Å². The number of thiazole rings is 1. The van der Waals surface area contributed by atoms with Crippen molar-refractivity contribution in [1.82, 2.24) is 14.8 Å². The Morgan fingerprint density at radius 3 is 3.11 bits per heavy atom. The van der Waals surface area contributed by atoms with Gasteiger partial charge in [0.25, 0.3) is 5.91 Å². The highest BCUT2D eigenvalue weighted by atomic mass is 32.2. The third-order valence-electron chi connectivity index (χ3n) is 4.78. The summed E-state index contributed by atoms with van der Waals surface area (Å²) in [6.07, 6.45) is 2.03. The number of thioether (sulfide) groups is 1. The minimum absolute atomic E-state index is 0.114. The first-order valence-electron chi connectivity index (χ1n) is 8.58. The third kappa shape index (κ3) is 3.51. The molecule has 0 spiro atoms. The van der Waals surface area contributed by atoms with Crippen LogP contribution in [-0.2, 0) is 10.3 Å². The summed E-state index contributed by atoms with van der Waals surface area (Å²) in [6, 6.07) is 1.23. The van der Waals surface area contributed by atoms with Crippen molar-refractivity contribution in [3.8, 4) is 0 Å². The van der Waals surface area contributed by atoms with Crippen LogP contribution in [0.4, 0.5) is 14.6 Å². The zero-order valence-electron chi connectivity index (χ0n) is 14.8. The fraction of sp³-hybridized carbons (Fsp3) is 0.500. The molecule has 1 fully saturated rings. The van der Waals surface area contributed by atoms with E-state index in [4.69, 9.17) is 10.5 Å². The second-order valence-corrected chi connectivity index (χ2v) is 8.59. The Kier molecular flexibility index (Phi) is 5.10. The number of nitrogens with one attached hydrogen (secondary N) is 1. The topological polar surface area (TPSA) is 107 Å². The molecule has 1 unspecified atom stereocenters. The molecular formula is C16H18F2N6O2S2. The number of amidine groups is 1. The van der Waals surface area contributed by atoms with Crippen molar-refractivity contribution >= 4 is 40.0 Å². The summed E-state index contributed by atoms with van der Waals surface area (Å²) in [7, 11) is 0. The minimum atomic E-state index is -2.80. The van der Waals surface area contributed by atoms with Crippen LogP contribution in [0.25, 0.3) is 0 Å². The summed E-state index contributed by atoms with van der Waals surface area (Å²) in [6.45, 7) is -0.396. The highest BCUT2D eigenvalue weighted by molar-refractivity contribution is 8.13. The van der Waals surface area contributed by atoms with Crippen LogP contribution in [0.5, 0.6) is 0 Å². The molecule has 0 aromatic carbocycles. The van der Waals surface area contributed by atoms with Gasteiger partial charge in [0.2, 0.25) is 0 Å². The zero-order chi connectivity index (χ0) is 19.9. The van der Waals surface area contributed by atoms with Crippen LogP contribution < -0.4 is 11.1 Å². The average Bonchev–Trinajstić information content (AvgIpc) is 3.32. The number of aromatic nitrogens is 3. The third-order valence-corrected chi connectivity index (χ3v) is 6.74. The summed E-state index contributed by atoms with van der Waals surface area (Å²) in [5.41, 5.74) is 5.21. The maximum atomic E-state index is 12.6. The van der Waals surface area contributed by atoms with Crippen molar-refractivity contribution in [2.75, 3.05) is 17.7 Å². The van der Waals surface area contributed by atoms with E-state index in [0.717, 1.165) is 18.4 Å². The number of alkyl halides is 2. The predicted octanol–water partition coefficient (Wildman–Crippen LogP) is 2.67. The molecule has 0 aliphatic carbocycles. The zero-order valence-corrected chi connectivity index (χ0v) is 16.5. The van der Waals surface area contributed by atoms with Crippen molar-refractivity contribution in [1.29, 1.82) is 0 Å². The minimum Gasteiger partial charge on any atom is -0.379 e. The second kappa shape index (κ2) is 7.41. The maximum absolute atomic E-state index is 12.6. The molecule has 28 heavy (non-hydrogen) atoms. The van der Waals surface area contributed by atoms with Gasteiger partial charge in [-0.1, -0.05) is 11.8 Å². The number of amides is 1. The Bertz CT molecular complexity index is 917. The van der Waals surface area contributed by atoms with Gasteiger partial charge < -0.3 is 15.8 Å². The van der Waals surface area contributed by atoms with Gasteiger partial charge in [0, 0.05) is 23.2 Å². The number of nitrogens with zero attached hydrogens (tertiary/aromatic N) is 4. The van der Waals surface area contributed by atoms with E-state index in [1.807, 2.05) is 6.92 Å². The lowest BCUT2D eigenvalue weighted by Crippen LogP contribution is -2.49. The highest BCUT2D eigenvalue weighted by Gasteiger charge is 2.49.